The molecule has 5 nitrogen and oxygen atoms in total. The number of aromatic nitrogens is 4. The number of benzene rings is 7. The first-order valence-electron chi connectivity index (χ1n) is 23.0. The summed E-state index contributed by atoms with van der Waals surface area (Å²) in [6.07, 6.45) is 3.87. The Labute approximate surface area is 399 Å². The Morgan fingerprint density at radius 2 is 1.00 bits per heavy atom. The smallest absolute Gasteiger partial charge is 0.0991 e. The van der Waals surface area contributed by atoms with Crippen LogP contribution >= 0.6 is 0 Å². The second-order valence-electron chi connectivity index (χ2n) is 18.8. The van der Waals surface area contributed by atoms with Crippen LogP contribution in [0.3, 0.4) is 0 Å². The van der Waals surface area contributed by atoms with Gasteiger partial charge in [-0.05, 0) is 107 Å². The number of fused-ring (bicyclic) bond motifs is 4. The summed E-state index contributed by atoms with van der Waals surface area (Å²) in [4.78, 5) is 10.2. The standard InChI is InChI=1S/C31H31N2.C28H28N3.Ir/c1-21(2)19-25-14-10-15-26(20-22(3)4)29(25)33-30-27-16-9-8-11-23(27)17-18-28(30)32-31(33)24-12-6-5-7-13-24;1-19(2)14-23-16-21(18-29)17-24(15-20(3)4)27(23)31-26-13-9-8-12-25(26)30-28(31)22-10-6-5-7-11-22;/h5-12,14-18,21-22H,19-20H2,1-4H3;5-10,12-13,16-17,19-20H,14-15H2,1-4H3;/q2*-1;. The quantitative estimate of drug-likeness (QED) is 0.115. The third-order valence-corrected chi connectivity index (χ3v) is 11.6. The van der Waals surface area contributed by atoms with Crippen LogP contribution in [-0.4, -0.2) is 19.1 Å². The molecule has 1 radical (unpaired) electrons. The van der Waals surface area contributed by atoms with Crippen LogP contribution < -0.4 is 0 Å². The Morgan fingerprint density at radius 1 is 0.508 bits per heavy atom. The van der Waals surface area contributed by atoms with E-state index in [-0.39, 0.29) is 20.1 Å². The molecule has 2 aromatic heterocycles. The second kappa shape index (κ2) is 20.8. The predicted octanol–water partition coefficient (Wildman–Crippen LogP) is 14.8. The summed E-state index contributed by atoms with van der Waals surface area (Å²) in [5.74, 6) is 3.93. The van der Waals surface area contributed by atoms with Crippen molar-refractivity contribution in [2.75, 3.05) is 0 Å². The van der Waals surface area contributed by atoms with Gasteiger partial charge in [0.1, 0.15) is 0 Å². The normalized spacial score (nSPS) is 11.4. The molecule has 6 heteroatoms. The molecule has 0 aliphatic heterocycles. The monoisotopic (exact) mass is 1030 g/mol. The molecule has 0 amide bonds. The van der Waals surface area contributed by atoms with Crippen molar-refractivity contribution in [3.8, 4) is 40.2 Å². The van der Waals surface area contributed by atoms with Crippen molar-refractivity contribution in [2.24, 2.45) is 23.7 Å². The van der Waals surface area contributed by atoms with Crippen molar-refractivity contribution in [3.63, 3.8) is 0 Å². The Hall–Kier alpha value is -6.12. The van der Waals surface area contributed by atoms with Crippen molar-refractivity contribution < 1.29 is 20.1 Å². The van der Waals surface area contributed by atoms with Crippen molar-refractivity contribution in [3.05, 3.63) is 179 Å². The average Bonchev–Trinajstić information content (AvgIpc) is 3.86. The molecular weight excluding hydrogens is 971 g/mol. The van der Waals surface area contributed by atoms with Gasteiger partial charge in [-0.2, -0.15) is 5.26 Å². The van der Waals surface area contributed by atoms with Crippen LogP contribution in [0.2, 0.25) is 0 Å². The SMILES string of the molecule is CC(C)Cc1cc(C#N)cc(CC(C)C)c1-n1c(-c2[c-]cccc2)nc2ccccc21.CC(C)Cc1cccc(CC(C)C)c1-n1c(-c2[c-]cccc2)nc2ccc3ccccc3c21.[Ir]. The fraction of sp³-hybridized carbons (Fsp3) is 0.271. The summed E-state index contributed by atoms with van der Waals surface area (Å²) in [6.45, 7) is 18.1. The van der Waals surface area contributed by atoms with Gasteiger partial charge < -0.3 is 9.13 Å². The minimum absolute atomic E-state index is 0. The number of hydrogen-bond donors (Lipinski definition) is 0. The van der Waals surface area contributed by atoms with Crippen LogP contribution in [0.1, 0.15) is 83.2 Å². The van der Waals surface area contributed by atoms with Crippen molar-refractivity contribution >= 4 is 32.8 Å². The zero-order valence-electron chi connectivity index (χ0n) is 39.0. The summed E-state index contributed by atoms with van der Waals surface area (Å²) < 4.78 is 4.72. The van der Waals surface area contributed by atoms with E-state index in [0.717, 1.165) is 70.6 Å². The first-order valence-corrected chi connectivity index (χ1v) is 23.0. The number of nitriles is 1. The van der Waals surface area contributed by atoms with E-state index in [1.54, 1.807) is 0 Å². The Kier molecular flexibility index (Phi) is 15.0. The molecule has 0 spiro atoms. The van der Waals surface area contributed by atoms with Gasteiger partial charge in [0.25, 0.3) is 0 Å². The number of nitrogens with zero attached hydrogens (tertiary/aromatic N) is 5. The number of hydrogen-bond acceptors (Lipinski definition) is 3. The van der Waals surface area contributed by atoms with Crippen LogP contribution in [0.5, 0.6) is 0 Å². The summed E-state index contributed by atoms with van der Waals surface area (Å²) in [5, 5.41) is 12.2. The molecule has 0 aliphatic rings. The predicted molar refractivity (Wildman–Crippen MR) is 267 cm³/mol. The first-order chi connectivity index (χ1) is 31.0. The molecule has 7 aromatic carbocycles. The van der Waals surface area contributed by atoms with E-state index in [0.29, 0.717) is 23.7 Å². The van der Waals surface area contributed by atoms with Gasteiger partial charge in [0.05, 0.1) is 45.3 Å². The van der Waals surface area contributed by atoms with E-state index in [1.165, 1.54) is 49.9 Å². The van der Waals surface area contributed by atoms with E-state index >= 15 is 0 Å². The molecule has 65 heavy (non-hydrogen) atoms. The molecule has 2 heterocycles. The minimum atomic E-state index is 0. The van der Waals surface area contributed by atoms with Gasteiger partial charge >= 0.3 is 0 Å². The van der Waals surface area contributed by atoms with Crippen LogP contribution in [0.15, 0.2) is 140 Å². The number of imidazole rings is 2. The van der Waals surface area contributed by atoms with E-state index in [4.69, 9.17) is 9.97 Å². The van der Waals surface area contributed by atoms with Gasteiger partial charge in [0, 0.05) is 36.9 Å². The molecule has 0 saturated heterocycles. The second-order valence-corrected chi connectivity index (χ2v) is 18.8. The van der Waals surface area contributed by atoms with E-state index in [9.17, 15) is 5.26 Å². The van der Waals surface area contributed by atoms with Gasteiger partial charge in [-0.3, -0.25) is 9.97 Å². The van der Waals surface area contributed by atoms with Gasteiger partial charge in [-0.15, -0.1) is 71.8 Å². The number of rotatable bonds is 12. The molecule has 0 bridgehead atoms. The maximum Gasteiger partial charge on any atom is 0.0991 e. The molecule has 0 aliphatic carbocycles. The molecule has 0 atom stereocenters. The Bertz CT molecular complexity index is 3020. The van der Waals surface area contributed by atoms with Gasteiger partial charge in [0.15, 0.2) is 0 Å². The molecule has 9 aromatic rings. The van der Waals surface area contributed by atoms with Crippen LogP contribution in [0, 0.1) is 47.1 Å². The van der Waals surface area contributed by atoms with Gasteiger partial charge in [-0.1, -0.05) is 116 Å². The first kappa shape index (κ1) is 46.9. The van der Waals surface area contributed by atoms with Crippen LogP contribution in [-0.2, 0) is 45.8 Å². The fourth-order valence-corrected chi connectivity index (χ4v) is 9.18. The van der Waals surface area contributed by atoms with Crippen molar-refractivity contribution in [2.45, 2.75) is 81.1 Å². The molecule has 9 rings (SSSR count). The summed E-state index contributed by atoms with van der Waals surface area (Å²) in [7, 11) is 0. The maximum absolute atomic E-state index is 9.71. The summed E-state index contributed by atoms with van der Waals surface area (Å²) in [6, 6.07) is 57.6. The fourth-order valence-electron chi connectivity index (χ4n) is 9.18. The average molecular weight is 1030 g/mol. The Morgan fingerprint density at radius 3 is 1.55 bits per heavy atom. The topological polar surface area (TPSA) is 59.4 Å². The van der Waals surface area contributed by atoms with Gasteiger partial charge in [-0.25, -0.2) is 0 Å². The summed E-state index contributed by atoms with van der Waals surface area (Å²) >= 11 is 0. The van der Waals surface area contributed by atoms with Gasteiger partial charge in [0.2, 0.25) is 0 Å². The van der Waals surface area contributed by atoms with E-state index in [1.807, 2.05) is 36.4 Å². The maximum atomic E-state index is 9.71. The largest absolute Gasteiger partial charge is 0.333 e. The van der Waals surface area contributed by atoms with Crippen molar-refractivity contribution in [1.82, 2.24) is 19.1 Å². The van der Waals surface area contributed by atoms with E-state index < -0.39 is 0 Å². The summed E-state index contributed by atoms with van der Waals surface area (Å²) in [5.41, 5.74) is 14.6. The molecule has 0 unspecified atom stereocenters. The zero-order chi connectivity index (χ0) is 44.9. The molecule has 0 fully saturated rings. The molecule has 0 saturated carbocycles. The third-order valence-electron chi connectivity index (χ3n) is 11.6. The van der Waals surface area contributed by atoms with Crippen molar-refractivity contribution in [1.29, 1.82) is 5.26 Å². The number of para-hydroxylation sites is 3. The minimum Gasteiger partial charge on any atom is -0.333 e. The van der Waals surface area contributed by atoms with E-state index in [2.05, 4.69) is 186 Å². The third kappa shape index (κ3) is 10.2. The van der Waals surface area contributed by atoms with Crippen LogP contribution in [0.4, 0.5) is 0 Å². The van der Waals surface area contributed by atoms with Crippen LogP contribution in [0.25, 0.3) is 67.0 Å². The Balaban J connectivity index is 0.000000191. The molecule has 331 valence electrons. The molecular formula is C59H59IrN5-2. The zero-order valence-corrected chi connectivity index (χ0v) is 41.4. The molecule has 0 N–H and O–H groups in total.